The van der Waals surface area contributed by atoms with Gasteiger partial charge in [-0.3, -0.25) is 0 Å². The molecule has 0 atom stereocenters. The van der Waals surface area contributed by atoms with Crippen molar-refractivity contribution in [3.05, 3.63) is 34.3 Å². The Balaban J connectivity index is 2.10. The number of anilines is 1. The van der Waals surface area contributed by atoms with Crippen LogP contribution in [-0.4, -0.2) is 18.4 Å². The van der Waals surface area contributed by atoms with E-state index in [1.54, 1.807) is 11.3 Å². The van der Waals surface area contributed by atoms with Gasteiger partial charge < -0.3 is 5.73 Å². The van der Waals surface area contributed by atoms with E-state index in [-0.39, 0.29) is 17.4 Å². The first-order valence-corrected chi connectivity index (χ1v) is 7.40. The number of hydrogen-bond acceptors (Lipinski definition) is 6. The van der Waals surface area contributed by atoms with E-state index in [9.17, 15) is 8.42 Å². The fourth-order valence-electron chi connectivity index (χ4n) is 1.29. The number of hydrogen-bond donors (Lipinski definition) is 2. The lowest BCUT2D eigenvalue weighted by Gasteiger charge is -2.04. The summed E-state index contributed by atoms with van der Waals surface area (Å²) in [5, 5.41) is 0. The Labute approximate surface area is 109 Å². The molecule has 0 amide bonds. The summed E-state index contributed by atoms with van der Waals surface area (Å²) in [4.78, 5) is 9.40. The van der Waals surface area contributed by atoms with Crippen LogP contribution in [0, 0.1) is 6.92 Å². The molecule has 2 aromatic heterocycles. The third-order valence-corrected chi connectivity index (χ3v) is 4.55. The number of nitrogen functional groups attached to an aromatic ring is 1. The zero-order valence-electron chi connectivity index (χ0n) is 9.62. The summed E-state index contributed by atoms with van der Waals surface area (Å²) < 4.78 is 26.3. The topological polar surface area (TPSA) is 98.0 Å². The summed E-state index contributed by atoms with van der Waals surface area (Å²) in [6.07, 6.45) is 2.37. The molecule has 18 heavy (non-hydrogen) atoms. The molecule has 0 aromatic carbocycles. The van der Waals surface area contributed by atoms with E-state index >= 15 is 0 Å². The molecule has 0 unspecified atom stereocenters. The first-order chi connectivity index (χ1) is 8.47. The highest BCUT2D eigenvalue weighted by Gasteiger charge is 2.14. The van der Waals surface area contributed by atoms with Crippen LogP contribution in [0.3, 0.4) is 0 Å². The average Bonchev–Trinajstić information content (AvgIpc) is 2.73. The summed E-state index contributed by atoms with van der Waals surface area (Å²) in [5.74, 6) is 0.0443. The highest BCUT2D eigenvalue weighted by Crippen LogP contribution is 2.15. The molecule has 8 heteroatoms. The molecule has 0 aliphatic heterocycles. The molecule has 2 aromatic rings. The average molecular weight is 284 g/mol. The molecule has 0 radical (unpaired) electrons. The van der Waals surface area contributed by atoms with Gasteiger partial charge in [-0.25, -0.2) is 23.1 Å². The van der Waals surface area contributed by atoms with Crippen molar-refractivity contribution in [3.8, 4) is 0 Å². The summed E-state index contributed by atoms with van der Waals surface area (Å²) in [6, 6.07) is 3.84. The smallest absolute Gasteiger partial charge is 0.243 e. The molecule has 0 fully saturated rings. The number of aromatic nitrogens is 2. The van der Waals surface area contributed by atoms with E-state index in [4.69, 9.17) is 5.73 Å². The first kappa shape index (κ1) is 12.9. The van der Waals surface area contributed by atoms with Gasteiger partial charge in [0.1, 0.15) is 4.90 Å². The van der Waals surface area contributed by atoms with Gasteiger partial charge in [-0.15, -0.1) is 11.3 Å². The SMILES string of the molecule is Cc1ccc(CNS(=O)(=O)c2cnc(N)nc2)s1. The van der Waals surface area contributed by atoms with Crippen molar-refractivity contribution >= 4 is 27.3 Å². The first-order valence-electron chi connectivity index (χ1n) is 5.10. The molecular formula is C10H12N4O2S2. The minimum Gasteiger partial charge on any atom is -0.368 e. The van der Waals surface area contributed by atoms with Gasteiger partial charge in [-0.05, 0) is 19.1 Å². The van der Waals surface area contributed by atoms with Crippen molar-refractivity contribution in [3.63, 3.8) is 0 Å². The van der Waals surface area contributed by atoms with Crippen LogP contribution in [0.2, 0.25) is 0 Å². The second-order valence-corrected chi connectivity index (χ2v) is 6.75. The third-order valence-electron chi connectivity index (χ3n) is 2.19. The minimum absolute atomic E-state index is 0.00461. The van der Waals surface area contributed by atoms with Gasteiger partial charge in [0.25, 0.3) is 0 Å². The van der Waals surface area contributed by atoms with Crippen LogP contribution in [0.1, 0.15) is 9.75 Å². The van der Waals surface area contributed by atoms with E-state index in [0.717, 1.165) is 9.75 Å². The predicted octanol–water partition coefficient (Wildman–Crippen LogP) is 0.907. The van der Waals surface area contributed by atoms with Crippen LogP contribution in [0.4, 0.5) is 5.95 Å². The zero-order valence-corrected chi connectivity index (χ0v) is 11.3. The van der Waals surface area contributed by atoms with Gasteiger partial charge in [0, 0.05) is 16.3 Å². The minimum atomic E-state index is -3.59. The number of nitrogens with two attached hydrogens (primary N) is 1. The zero-order chi connectivity index (χ0) is 13.2. The van der Waals surface area contributed by atoms with Crippen molar-refractivity contribution in [2.24, 2.45) is 0 Å². The lowest BCUT2D eigenvalue weighted by molar-refractivity contribution is 0.581. The van der Waals surface area contributed by atoms with Crippen molar-refractivity contribution < 1.29 is 8.42 Å². The number of aryl methyl sites for hydroxylation is 1. The molecule has 3 N–H and O–H groups in total. The number of nitrogens with zero attached hydrogens (tertiary/aromatic N) is 2. The van der Waals surface area contributed by atoms with Gasteiger partial charge in [-0.2, -0.15) is 0 Å². The van der Waals surface area contributed by atoms with E-state index in [2.05, 4.69) is 14.7 Å². The van der Waals surface area contributed by atoms with Gasteiger partial charge >= 0.3 is 0 Å². The largest absolute Gasteiger partial charge is 0.368 e. The van der Waals surface area contributed by atoms with Crippen LogP contribution in [-0.2, 0) is 16.6 Å². The summed E-state index contributed by atoms with van der Waals surface area (Å²) in [6.45, 7) is 2.22. The molecule has 6 nitrogen and oxygen atoms in total. The lowest BCUT2D eigenvalue weighted by atomic mass is 10.4. The molecule has 2 rings (SSSR count). The Morgan fingerprint density at radius 3 is 2.56 bits per heavy atom. The standard InChI is InChI=1S/C10H12N4O2S2/c1-7-2-3-8(17-7)4-14-18(15,16)9-5-12-10(11)13-6-9/h2-3,5-6,14H,4H2,1H3,(H2,11,12,13). The molecule has 0 bridgehead atoms. The molecule has 96 valence electrons. The van der Waals surface area contributed by atoms with Gasteiger partial charge in [0.05, 0.1) is 12.4 Å². The number of thiophene rings is 1. The quantitative estimate of drug-likeness (QED) is 0.869. The lowest BCUT2D eigenvalue weighted by Crippen LogP contribution is -2.23. The van der Waals surface area contributed by atoms with Crippen molar-refractivity contribution in [1.29, 1.82) is 0 Å². The van der Waals surface area contributed by atoms with Gasteiger partial charge in [-0.1, -0.05) is 0 Å². The number of sulfonamides is 1. The van der Waals surface area contributed by atoms with E-state index in [1.165, 1.54) is 12.4 Å². The predicted molar refractivity (Wildman–Crippen MR) is 69.5 cm³/mol. The molecule has 0 saturated heterocycles. The van der Waals surface area contributed by atoms with E-state index in [0.29, 0.717) is 0 Å². The third kappa shape index (κ3) is 3.03. The second kappa shape index (κ2) is 5.01. The maximum absolute atomic E-state index is 11.9. The fourth-order valence-corrected chi connectivity index (χ4v) is 3.11. The van der Waals surface area contributed by atoms with Crippen molar-refractivity contribution in [2.45, 2.75) is 18.4 Å². The molecule has 0 saturated carbocycles. The summed E-state index contributed by atoms with van der Waals surface area (Å²) in [7, 11) is -3.59. The maximum atomic E-state index is 11.9. The van der Waals surface area contributed by atoms with Crippen LogP contribution >= 0.6 is 11.3 Å². The Kier molecular flexibility index (Phi) is 3.60. The van der Waals surface area contributed by atoms with Crippen LogP contribution in [0.5, 0.6) is 0 Å². The van der Waals surface area contributed by atoms with Crippen LogP contribution < -0.4 is 10.5 Å². The van der Waals surface area contributed by atoms with E-state index in [1.807, 2.05) is 19.1 Å². The fraction of sp³-hybridized carbons (Fsp3) is 0.200. The highest BCUT2D eigenvalue weighted by molar-refractivity contribution is 7.89. The Morgan fingerprint density at radius 1 is 1.33 bits per heavy atom. The Hall–Kier alpha value is -1.51. The second-order valence-electron chi connectivity index (χ2n) is 3.61. The van der Waals surface area contributed by atoms with Crippen molar-refractivity contribution in [1.82, 2.24) is 14.7 Å². The maximum Gasteiger partial charge on any atom is 0.243 e. The van der Waals surface area contributed by atoms with Crippen molar-refractivity contribution in [2.75, 3.05) is 5.73 Å². The summed E-state index contributed by atoms with van der Waals surface area (Å²) >= 11 is 1.55. The molecule has 0 aliphatic rings. The summed E-state index contributed by atoms with van der Waals surface area (Å²) in [5.41, 5.74) is 5.30. The highest BCUT2D eigenvalue weighted by atomic mass is 32.2. The van der Waals surface area contributed by atoms with E-state index < -0.39 is 10.0 Å². The van der Waals surface area contributed by atoms with Gasteiger partial charge in [0.15, 0.2) is 0 Å². The molecule has 0 aliphatic carbocycles. The van der Waals surface area contributed by atoms with Crippen LogP contribution in [0.15, 0.2) is 29.4 Å². The molecule has 0 spiro atoms. The molecular weight excluding hydrogens is 272 g/mol. The number of nitrogens with one attached hydrogen (secondary N) is 1. The monoisotopic (exact) mass is 284 g/mol. The van der Waals surface area contributed by atoms with Gasteiger partial charge in [0.2, 0.25) is 16.0 Å². The van der Waals surface area contributed by atoms with Crippen LogP contribution in [0.25, 0.3) is 0 Å². The normalized spacial score (nSPS) is 11.6. The Bertz CT molecular complexity index is 634. The molecule has 2 heterocycles. The Morgan fingerprint density at radius 2 is 2.00 bits per heavy atom. The number of rotatable bonds is 4.